The van der Waals surface area contributed by atoms with Crippen molar-refractivity contribution in [1.82, 2.24) is 5.32 Å². The van der Waals surface area contributed by atoms with Gasteiger partial charge in [-0.25, -0.2) is 0 Å². The molecule has 0 fully saturated rings. The third-order valence-corrected chi connectivity index (χ3v) is 2.22. The van der Waals surface area contributed by atoms with Crippen molar-refractivity contribution < 1.29 is 14.6 Å². The molecular formula is C12H17NO3. The number of hydrogen-bond acceptors (Lipinski definition) is 3. The minimum atomic E-state index is -0.150. The number of aliphatic hydroxyl groups excluding tert-OH is 1. The number of rotatable bonds is 6. The van der Waals surface area contributed by atoms with E-state index >= 15 is 0 Å². The van der Waals surface area contributed by atoms with E-state index in [1.54, 1.807) is 19.2 Å². The van der Waals surface area contributed by atoms with Crippen LogP contribution in [0, 0.1) is 0 Å². The molecule has 2 N–H and O–H groups in total. The smallest absolute Gasteiger partial charge is 0.251 e. The van der Waals surface area contributed by atoms with E-state index in [4.69, 9.17) is 9.84 Å². The summed E-state index contributed by atoms with van der Waals surface area (Å²) in [5.41, 5.74) is 0.613. The maximum Gasteiger partial charge on any atom is 0.251 e. The number of benzene rings is 1. The zero-order chi connectivity index (χ0) is 11.8. The molecule has 0 saturated carbocycles. The van der Waals surface area contributed by atoms with Crippen molar-refractivity contribution >= 4 is 5.91 Å². The summed E-state index contributed by atoms with van der Waals surface area (Å²) in [5.74, 6) is -0.142. The van der Waals surface area contributed by atoms with Crippen LogP contribution in [0.2, 0.25) is 0 Å². The molecule has 4 nitrogen and oxygen atoms in total. The molecular weight excluding hydrogens is 206 g/mol. The van der Waals surface area contributed by atoms with E-state index < -0.39 is 0 Å². The average molecular weight is 223 g/mol. The van der Waals surface area contributed by atoms with Crippen LogP contribution in [0.4, 0.5) is 0 Å². The van der Waals surface area contributed by atoms with E-state index in [2.05, 4.69) is 5.32 Å². The monoisotopic (exact) mass is 223 g/mol. The normalized spacial score (nSPS) is 12.1. The van der Waals surface area contributed by atoms with Crippen LogP contribution in [0.1, 0.15) is 16.8 Å². The maximum atomic E-state index is 11.8. The lowest BCUT2D eigenvalue weighted by Gasteiger charge is -2.16. The van der Waals surface area contributed by atoms with Crippen LogP contribution in [0.25, 0.3) is 0 Å². The largest absolute Gasteiger partial charge is 0.396 e. The van der Waals surface area contributed by atoms with Gasteiger partial charge in [0.1, 0.15) is 0 Å². The van der Waals surface area contributed by atoms with Crippen molar-refractivity contribution in [2.45, 2.75) is 12.5 Å². The van der Waals surface area contributed by atoms with Gasteiger partial charge in [-0.2, -0.15) is 0 Å². The SMILES string of the molecule is COCC(CCO)NC(=O)c1ccccc1. The molecule has 0 aromatic heterocycles. The van der Waals surface area contributed by atoms with E-state index in [1.165, 1.54) is 0 Å². The highest BCUT2D eigenvalue weighted by Crippen LogP contribution is 2.00. The summed E-state index contributed by atoms with van der Waals surface area (Å²) in [4.78, 5) is 11.8. The fraction of sp³-hybridized carbons (Fsp3) is 0.417. The van der Waals surface area contributed by atoms with Crippen molar-refractivity contribution in [1.29, 1.82) is 0 Å². The van der Waals surface area contributed by atoms with Crippen molar-refractivity contribution in [3.63, 3.8) is 0 Å². The molecule has 0 aliphatic heterocycles. The van der Waals surface area contributed by atoms with Crippen LogP contribution >= 0.6 is 0 Å². The zero-order valence-electron chi connectivity index (χ0n) is 9.35. The van der Waals surface area contributed by atoms with Crippen LogP contribution in [-0.4, -0.2) is 37.4 Å². The molecule has 1 aromatic carbocycles. The molecule has 0 saturated heterocycles. The van der Waals surface area contributed by atoms with Crippen molar-refractivity contribution in [2.24, 2.45) is 0 Å². The molecule has 1 atom stereocenters. The van der Waals surface area contributed by atoms with Crippen molar-refractivity contribution in [3.05, 3.63) is 35.9 Å². The van der Waals surface area contributed by atoms with Gasteiger partial charge in [0.25, 0.3) is 5.91 Å². The number of carbonyl (C=O) groups excluding carboxylic acids is 1. The summed E-state index contributed by atoms with van der Waals surface area (Å²) in [6, 6.07) is 8.83. The molecule has 1 rings (SSSR count). The maximum absolute atomic E-state index is 11.8. The minimum absolute atomic E-state index is 0.0308. The highest BCUT2D eigenvalue weighted by Gasteiger charge is 2.12. The third-order valence-electron chi connectivity index (χ3n) is 2.22. The van der Waals surface area contributed by atoms with Gasteiger partial charge in [-0.15, -0.1) is 0 Å². The van der Waals surface area contributed by atoms with Crippen molar-refractivity contribution in [3.8, 4) is 0 Å². The number of hydrogen-bond donors (Lipinski definition) is 2. The van der Waals surface area contributed by atoms with Gasteiger partial charge in [-0.05, 0) is 18.6 Å². The summed E-state index contributed by atoms with van der Waals surface area (Å²) in [5, 5.41) is 11.7. The first kappa shape index (κ1) is 12.7. The van der Waals surface area contributed by atoms with E-state index in [0.717, 1.165) is 0 Å². The van der Waals surface area contributed by atoms with Gasteiger partial charge in [0.05, 0.1) is 12.6 Å². The fourth-order valence-corrected chi connectivity index (χ4v) is 1.41. The lowest BCUT2D eigenvalue weighted by molar-refractivity contribution is 0.0878. The fourth-order valence-electron chi connectivity index (χ4n) is 1.41. The lowest BCUT2D eigenvalue weighted by Crippen LogP contribution is -2.38. The summed E-state index contributed by atoms with van der Waals surface area (Å²) in [6.45, 7) is 0.433. The van der Waals surface area contributed by atoms with Gasteiger partial charge >= 0.3 is 0 Å². The molecule has 0 aliphatic carbocycles. The molecule has 0 radical (unpaired) electrons. The number of ether oxygens (including phenoxy) is 1. The summed E-state index contributed by atoms with van der Waals surface area (Å²) >= 11 is 0. The molecule has 0 heterocycles. The van der Waals surface area contributed by atoms with Gasteiger partial charge in [-0.3, -0.25) is 4.79 Å². The van der Waals surface area contributed by atoms with Crippen LogP contribution < -0.4 is 5.32 Å². The number of aliphatic hydroxyl groups is 1. The lowest BCUT2D eigenvalue weighted by atomic mass is 10.1. The Morgan fingerprint density at radius 1 is 1.44 bits per heavy atom. The topological polar surface area (TPSA) is 58.6 Å². The Morgan fingerprint density at radius 2 is 2.12 bits per heavy atom. The molecule has 1 aromatic rings. The number of nitrogens with one attached hydrogen (secondary N) is 1. The molecule has 1 unspecified atom stereocenters. The van der Waals surface area contributed by atoms with Gasteiger partial charge < -0.3 is 15.2 Å². The number of carbonyl (C=O) groups is 1. The highest BCUT2D eigenvalue weighted by atomic mass is 16.5. The van der Waals surface area contributed by atoms with Crippen LogP contribution in [0.15, 0.2) is 30.3 Å². The first-order chi connectivity index (χ1) is 7.77. The Labute approximate surface area is 95.2 Å². The van der Waals surface area contributed by atoms with Crippen LogP contribution in [0.5, 0.6) is 0 Å². The summed E-state index contributed by atoms with van der Waals surface area (Å²) in [7, 11) is 1.57. The van der Waals surface area contributed by atoms with Gasteiger partial charge in [0.15, 0.2) is 0 Å². The molecule has 0 aliphatic rings. The quantitative estimate of drug-likeness (QED) is 0.750. The second kappa shape index (κ2) is 6.98. The second-order valence-corrected chi connectivity index (χ2v) is 3.50. The first-order valence-corrected chi connectivity index (χ1v) is 5.23. The first-order valence-electron chi connectivity index (χ1n) is 5.23. The van der Waals surface area contributed by atoms with E-state index in [9.17, 15) is 4.79 Å². The van der Waals surface area contributed by atoms with Gasteiger partial charge in [0, 0.05) is 19.3 Å². The molecule has 0 spiro atoms. The summed E-state index contributed by atoms with van der Waals surface area (Å²) < 4.78 is 4.97. The molecule has 16 heavy (non-hydrogen) atoms. The second-order valence-electron chi connectivity index (χ2n) is 3.50. The third kappa shape index (κ3) is 4.00. The zero-order valence-corrected chi connectivity index (χ0v) is 9.35. The van der Waals surface area contributed by atoms with E-state index in [-0.39, 0.29) is 18.6 Å². The predicted octanol–water partition coefficient (Wildman–Crippen LogP) is 0.814. The Balaban J connectivity index is 2.54. The highest BCUT2D eigenvalue weighted by molar-refractivity contribution is 5.94. The molecule has 0 bridgehead atoms. The predicted molar refractivity (Wildman–Crippen MR) is 61.3 cm³/mol. The van der Waals surface area contributed by atoms with E-state index in [1.807, 2.05) is 18.2 Å². The Bertz CT molecular complexity index is 307. The van der Waals surface area contributed by atoms with Gasteiger partial charge in [0.2, 0.25) is 0 Å². The molecule has 1 amide bonds. The summed E-state index contributed by atoms with van der Waals surface area (Å²) in [6.07, 6.45) is 0.492. The van der Waals surface area contributed by atoms with Crippen LogP contribution in [-0.2, 0) is 4.74 Å². The van der Waals surface area contributed by atoms with Gasteiger partial charge in [-0.1, -0.05) is 18.2 Å². The van der Waals surface area contributed by atoms with Crippen LogP contribution in [0.3, 0.4) is 0 Å². The average Bonchev–Trinajstić information content (AvgIpc) is 2.31. The molecule has 88 valence electrons. The Morgan fingerprint density at radius 3 is 2.69 bits per heavy atom. The Hall–Kier alpha value is -1.39. The van der Waals surface area contributed by atoms with E-state index in [0.29, 0.717) is 18.6 Å². The minimum Gasteiger partial charge on any atom is -0.396 e. The van der Waals surface area contributed by atoms with Crippen molar-refractivity contribution in [2.75, 3.05) is 20.3 Å². The number of amides is 1. The Kier molecular flexibility index (Phi) is 5.53. The standard InChI is InChI=1S/C12H17NO3/c1-16-9-11(7-8-14)13-12(15)10-5-3-2-4-6-10/h2-6,11,14H,7-9H2,1H3,(H,13,15). The molecule has 4 heteroatoms. The number of methoxy groups -OCH3 is 1.